The molecule has 22 heavy (non-hydrogen) atoms. The Balaban J connectivity index is 2.33. The van der Waals surface area contributed by atoms with Crippen molar-refractivity contribution < 1.29 is 9.21 Å². The number of benzene rings is 1. The number of amides is 1. The molecule has 0 saturated heterocycles. The molecular weight excluding hydrogens is 280 g/mol. The molecule has 0 fully saturated rings. The first-order valence-electron chi connectivity index (χ1n) is 7.61. The van der Waals surface area contributed by atoms with E-state index in [0.717, 1.165) is 24.6 Å². The zero-order valence-corrected chi connectivity index (χ0v) is 13.0. The molecule has 2 aromatic rings. The highest BCUT2D eigenvalue weighted by atomic mass is 16.4. The molecular formula is C17H22N2O3. The number of carbonyl (C=O) groups is 1. The number of nitrogens with one attached hydrogen (secondary N) is 1. The Bertz CT molecular complexity index is 721. The first-order chi connectivity index (χ1) is 10.6. The van der Waals surface area contributed by atoms with Crippen LogP contribution in [0.2, 0.25) is 0 Å². The first-order valence-corrected chi connectivity index (χ1v) is 7.61. The van der Waals surface area contributed by atoms with Crippen molar-refractivity contribution >= 4 is 16.9 Å². The summed E-state index contributed by atoms with van der Waals surface area (Å²) in [5.74, 6) is -0.413. The number of carbonyl (C=O) groups excluding carboxylic acids is 1. The second kappa shape index (κ2) is 7.22. The summed E-state index contributed by atoms with van der Waals surface area (Å²) in [7, 11) is 0. The molecule has 118 valence electrons. The number of rotatable bonds is 6. The third-order valence-corrected chi connectivity index (χ3v) is 3.83. The lowest BCUT2D eigenvalue weighted by molar-refractivity contribution is 0.0931. The molecule has 0 spiro atoms. The van der Waals surface area contributed by atoms with E-state index in [1.54, 1.807) is 19.1 Å². The summed E-state index contributed by atoms with van der Waals surface area (Å²) in [5.41, 5.74) is 6.27. The van der Waals surface area contributed by atoms with Gasteiger partial charge in [-0.2, -0.15) is 0 Å². The Morgan fingerprint density at radius 3 is 2.77 bits per heavy atom. The summed E-state index contributed by atoms with van der Waals surface area (Å²) in [6, 6.07) is 7.07. The predicted octanol–water partition coefficient (Wildman–Crippen LogP) is 2.35. The van der Waals surface area contributed by atoms with Gasteiger partial charge in [-0.1, -0.05) is 38.0 Å². The van der Waals surface area contributed by atoms with Crippen molar-refractivity contribution in [2.24, 2.45) is 5.73 Å². The Labute approximate surface area is 129 Å². The van der Waals surface area contributed by atoms with Crippen LogP contribution in [0.5, 0.6) is 0 Å². The van der Waals surface area contributed by atoms with Crippen LogP contribution in [-0.2, 0) is 0 Å². The van der Waals surface area contributed by atoms with Crippen LogP contribution in [0.15, 0.2) is 33.5 Å². The van der Waals surface area contributed by atoms with Gasteiger partial charge in [0, 0.05) is 18.0 Å². The number of para-hydroxylation sites is 1. The van der Waals surface area contributed by atoms with Gasteiger partial charge in [0.05, 0.1) is 0 Å². The Hall–Kier alpha value is -2.14. The van der Waals surface area contributed by atoms with E-state index in [1.807, 2.05) is 12.1 Å². The van der Waals surface area contributed by atoms with Crippen LogP contribution >= 0.6 is 0 Å². The molecule has 1 aromatic heterocycles. The van der Waals surface area contributed by atoms with Gasteiger partial charge in [-0.3, -0.25) is 4.79 Å². The predicted molar refractivity (Wildman–Crippen MR) is 87.1 cm³/mol. The van der Waals surface area contributed by atoms with Crippen LogP contribution in [0.3, 0.4) is 0 Å². The van der Waals surface area contributed by atoms with Gasteiger partial charge in [0.2, 0.25) is 0 Å². The van der Waals surface area contributed by atoms with Crippen molar-refractivity contribution in [3.05, 3.63) is 45.8 Å². The molecule has 1 amide bonds. The average Bonchev–Trinajstić information content (AvgIpc) is 2.51. The van der Waals surface area contributed by atoms with Crippen molar-refractivity contribution in [1.29, 1.82) is 0 Å². The van der Waals surface area contributed by atoms with E-state index >= 15 is 0 Å². The van der Waals surface area contributed by atoms with Crippen LogP contribution in [-0.4, -0.2) is 18.5 Å². The second-order valence-corrected chi connectivity index (χ2v) is 5.43. The van der Waals surface area contributed by atoms with E-state index in [2.05, 4.69) is 12.2 Å². The number of nitrogens with two attached hydrogens (primary N) is 1. The number of aryl methyl sites for hydroxylation is 1. The number of unbranched alkanes of at least 4 members (excludes halogenated alkanes) is 1. The van der Waals surface area contributed by atoms with Crippen molar-refractivity contribution in [3.63, 3.8) is 0 Å². The van der Waals surface area contributed by atoms with E-state index < -0.39 is 11.5 Å². The topological polar surface area (TPSA) is 85.3 Å². The quantitative estimate of drug-likeness (QED) is 0.802. The Morgan fingerprint density at radius 2 is 2.09 bits per heavy atom. The van der Waals surface area contributed by atoms with Crippen molar-refractivity contribution in [2.45, 2.75) is 39.2 Å². The molecule has 1 atom stereocenters. The van der Waals surface area contributed by atoms with Gasteiger partial charge in [0.15, 0.2) is 0 Å². The molecule has 1 heterocycles. The normalized spacial score (nSPS) is 12.3. The largest absolute Gasteiger partial charge is 0.422 e. The van der Waals surface area contributed by atoms with Crippen molar-refractivity contribution in [1.82, 2.24) is 5.32 Å². The fraction of sp³-hybridized carbons (Fsp3) is 0.412. The Morgan fingerprint density at radius 1 is 1.36 bits per heavy atom. The summed E-state index contributed by atoms with van der Waals surface area (Å²) in [4.78, 5) is 24.6. The van der Waals surface area contributed by atoms with Gasteiger partial charge < -0.3 is 15.5 Å². The number of hydrogen-bond acceptors (Lipinski definition) is 4. The lowest BCUT2D eigenvalue weighted by Crippen LogP contribution is -2.42. The fourth-order valence-electron chi connectivity index (χ4n) is 2.52. The maximum atomic E-state index is 12.4. The monoisotopic (exact) mass is 302 g/mol. The van der Waals surface area contributed by atoms with Gasteiger partial charge in [-0.25, -0.2) is 4.79 Å². The SMILES string of the molecule is CCCCC(CN)NC(=O)c1c(C)c2ccccc2oc1=O. The van der Waals surface area contributed by atoms with Crippen LogP contribution < -0.4 is 16.7 Å². The molecule has 0 aliphatic heterocycles. The summed E-state index contributed by atoms with van der Waals surface area (Å²) in [6.07, 6.45) is 2.81. The minimum atomic E-state index is -0.611. The lowest BCUT2D eigenvalue weighted by atomic mass is 10.0. The van der Waals surface area contributed by atoms with E-state index in [0.29, 0.717) is 17.7 Å². The fourth-order valence-corrected chi connectivity index (χ4v) is 2.52. The highest BCUT2D eigenvalue weighted by Crippen LogP contribution is 2.18. The molecule has 5 nitrogen and oxygen atoms in total. The highest BCUT2D eigenvalue weighted by Gasteiger charge is 2.20. The molecule has 1 unspecified atom stereocenters. The molecule has 0 saturated carbocycles. The van der Waals surface area contributed by atoms with Gasteiger partial charge in [0.25, 0.3) is 5.91 Å². The molecule has 0 aliphatic rings. The lowest BCUT2D eigenvalue weighted by Gasteiger charge is -2.17. The minimum Gasteiger partial charge on any atom is -0.422 e. The maximum absolute atomic E-state index is 12.4. The maximum Gasteiger partial charge on any atom is 0.349 e. The molecule has 0 aliphatic carbocycles. The van der Waals surface area contributed by atoms with Gasteiger partial charge in [0.1, 0.15) is 11.1 Å². The summed E-state index contributed by atoms with van der Waals surface area (Å²) in [5, 5.41) is 3.61. The third-order valence-electron chi connectivity index (χ3n) is 3.83. The summed E-state index contributed by atoms with van der Waals surface area (Å²) in [6.45, 7) is 4.19. The standard InChI is InChI=1S/C17H22N2O3/c1-3-4-7-12(10-18)19-16(20)15-11(2)13-8-5-6-9-14(13)22-17(15)21/h5-6,8-9,12H,3-4,7,10,18H2,1-2H3,(H,19,20). The van der Waals surface area contributed by atoms with Crippen LogP contribution in [0, 0.1) is 6.92 Å². The van der Waals surface area contributed by atoms with Crippen molar-refractivity contribution in [3.8, 4) is 0 Å². The minimum absolute atomic E-state index is 0.0636. The zero-order chi connectivity index (χ0) is 16.1. The number of hydrogen-bond donors (Lipinski definition) is 2. The van der Waals surface area contributed by atoms with Crippen molar-refractivity contribution in [2.75, 3.05) is 6.54 Å². The number of fused-ring (bicyclic) bond motifs is 1. The second-order valence-electron chi connectivity index (χ2n) is 5.43. The van der Waals surface area contributed by atoms with E-state index in [9.17, 15) is 9.59 Å². The van der Waals surface area contributed by atoms with E-state index in [1.165, 1.54) is 0 Å². The molecule has 1 aromatic carbocycles. The molecule has 5 heteroatoms. The summed E-state index contributed by atoms with van der Waals surface area (Å²) >= 11 is 0. The molecule has 0 radical (unpaired) electrons. The molecule has 0 bridgehead atoms. The van der Waals surface area contributed by atoms with Gasteiger partial charge >= 0.3 is 5.63 Å². The van der Waals surface area contributed by atoms with Gasteiger partial charge in [-0.05, 0) is 25.0 Å². The molecule has 2 rings (SSSR count). The van der Waals surface area contributed by atoms with E-state index in [-0.39, 0.29) is 11.6 Å². The Kier molecular flexibility index (Phi) is 5.33. The van der Waals surface area contributed by atoms with Crippen LogP contribution in [0.25, 0.3) is 11.0 Å². The highest BCUT2D eigenvalue weighted by molar-refractivity contribution is 5.99. The van der Waals surface area contributed by atoms with Gasteiger partial charge in [-0.15, -0.1) is 0 Å². The first kappa shape index (κ1) is 16.2. The van der Waals surface area contributed by atoms with Crippen LogP contribution in [0.1, 0.15) is 42.1 Å². The zero-order valence-electron chi connectivity index (χ0n) is 13.0. The third kappa shape index (κ3) is 3.36. The average molecular weight is 302 g/mol. The van der Waals surface area contributed by atoms with E-state index in [4.69, 9.17) is 10.2 Å². The summed E-state index contributed by atoms with van der Waals surface area (Å²) < 4.78 is 5.24. The smallest absolute Gasteiger partial charge is 0.349 e. The molecule has 3 N–H and O–H groups in total. The van der Waals surface area contributed by atoms with Crippen LogP contribution in [0.4, 0.5) is 0 Å².